The van der Waals surface area contributed by atoms with Crippen molar-refractivity contribution >= 4 is 15.9 Å². The second-order valence-electron chi connectivity index (χ2n) is 7.79. The van der Waals surface area contributed by atoms with Crippen molar-refractivity contribution in [2.75, 3.05) is 26.3 Å². The Morgan fingerprint density at radius 2 is 1.66 bits per heavy atom. The summed E-state index contributed by atoms with van der Waals surface area (Å²) in [5.41, 5.74) is 0.925. The predicted octanol–water partition coefficient (Wildman–Crippen LogP) is 3.76. The molecule has 0 spiro atoms. The Kier molecular flexibility index (Phi) is 8.15. The highest BCUT2D eigenvalue weighted by atomic mass is 32.2. The zero-order valence-electron chi connectivity index (χ0n) is 18.9. The van der Waals surface area contributed by atoms with Crippen molar-refractivity contribution in [3.05, 3.63) is 54.1 Å². The van der Waals surface area contributed by atoms with Crippen LogP contribution in [-0.2, 0) is 14.8 Å². The quantitative estimate of drug-likeness (QED) is 0.616. The summed E-state index contributed by atoms with van der Waals surface area (Å²) in [7, 11) is -3.52. The molecule has 32 heavy (non-hydrogen) atoms. The first-order valence-electron chi connectivity index (χ1n) is 11.1. The number of sulfonamides is 1. The molecule has 1 amide bonds. The van der Waals surface area contributed by atoms with Gasteiger partial charge in [0.25, 0.3) is 0 Å². The van der Waals surface area contributed by atoms with E-state index in [1.165, 1.54) is 4.31 Å². The van der Waals surface area contributed by atoms with Crippen molar-refractivity contribution in [3.8, 4) is 11.5 Å². The van der Waals surface area contributed by atoms with Crippen molar-refractivity contribution in [2.24, 2.45) is 5.92 Å². The molecule has 3 rings (SSSR count). The highest BCUT2D eigenvalue weighted by Gasteiger charge is 2.32. The number of carbonyl (C=O) groups is 1. The summed E-state index contributed by atoms with van der Waals surface area (Å²) in [5, 5.41) is 3.07. The molecular formula is C24H32N2O5S. The van der Waals surface area contributed by atoms with Gasteiger partial charge in [0.1, 0.15) is 0 Å². The van der Waals surface area contributed by atoms with Crippen LogP contribution in [0.15, 0.2) is 53.4 Å². The molecule has 0 saturated carbocycles. The summed E-state index contributed by atoms with van der Waals surface area (Å²) >= 11 is 0. The Balaban J connectivity index is 1.59. The lowest BCUT2D eigenvalue weighted by atomic mass is 9.96. The average Bonchev–Trinajstić information content (AvgIpc) is 2.81. The van der Waals surface area contributed by atoms with Crippen LogP contribution in [0.4, 0.5) is 0 Å². The van der Waals surface area contributed by atoms with Crippen LogP contribution in [-0.4, -0.2) is 44.9 Å². The van der Waals surface area contributed by atoms with E-state index in [9.17, 15) is 13.2 Å². The highest BCUT2D eigenvalue weighted by molar-refractivity contribution is 7.89. The normalized spacial score (nSPS) is 16.3. The minimum atomic E-state index is -3.52. The molecule has 8 heteroatoms. The van der Waals surface area contributed by atoms with Crippen LogP contribution in [0.25, 0.3) is 0 Å². The number of nitrogens with one attached hydrogen (secondary N) is 1. The summed E-state index contributed by atoms with van der Waals surface area (Å²) < 4.78 is 38.3. The zero-order valence-corrected chi connectivity index (χ0v) is 19.7. The fourth-order valence-electron chi connectivity index (χ4n) is 3.85. The maximum absolute atomic E-state index is 12.9. The maximum atomic E-state index is 12.9. The highest BCUT2D eigenvalue weighted by Crippen LogP contribution is 2.31. The van der Waals surface area contributed by atoms with Crippen LogP contribution in [0.1, 0.15) is 45.2 Å². The first kappa shape index (κ1) is 24.1. The molecular weight excluding hydrogens is 428 g/mol. The number of benzene rings is 2. The summed E-state index contributed by atoms with van der Waals surface area (Å²) in [6.45, 7) is 7.50. The summed E-state index contributed by atoms with van der Waals surface area (Å²) in [6, 6.07) is 13.9. The Hall–Kier alpha value is -2.58. The first-order valence-corrected chi connectivity index (χ1v) is 12.6. The lowest BCUT2D eigenvalue weighted by molar-refractivity contribution is -0.126. The smallest absolute Gasteiger partial charge is 0.243 e. The number of piperidine rings is 1. The zero-order chi connectivity index (χ0) is 23.1. The minimum absolute atomic E-state index is 0.0545. The van der Waals surface area contributed by atoms with Crippen molar-refractivity contribution < 1.29 is 22.7 Å². The van der Waals surface area contributed by atoms with Crippen LogP contribution >= 0.6 is 0 Å². The number of hydrogen-bond acceptors (Lipinski definition) is 5. The number of carbonyl (C=O) groups excluding carboxylic acids is 1. The van der Waals surface area contributed by atoms with Crippen molar-refractivity contribution in [1.29, 1.82) is 0 Å². The standard InChI is InChI=1S/C24H32N2O5S/c1-4-30-22-12-11-20(17-23(22)31-5-2)18(3)25-24(27)19-13-15-26(16-14-19)32(28,29)21-9-7-6-8-10-21/h6-12,17-19H,4-5,13-16H2,1-3H3,(H,25,27)/t18-/m1/s1. The topological polar surface area (TPSA) is 84.9 Å². The molecule has 1 fully saturated rings. The van der Waals surface area contributed by atoms with Crippen molar-refractivity contribution in [1.82, 2.24) is 9.62 Å². The maximum Gasteiger partial charge on any atom is 0.243 e. The third kappa shape index (κ3) is 5.61. The van der Waals surface area contributed by atoms with Gasteiger partial charge in [-0.25, -0.2) is 8.42 Å². The Morgan fingerprint density at radius 1 is 1.03 bits per heavy atom. The molecule has 1 saturated heterocycles. The number of ether oxygens (including phenoxy) is 2. The van der Waals surface area contributed by atoms with Gasteiger partial charge in [0.2, 0.25) is 15.9 Å². The van der Waals surface area contributed by atoms with Gasteiger partial charge in [0.05, 0.1) is 24.2 Å². The number of nitrogens with zero attached hydrogens (tertiary/aromatic N) is 1. The molecule has 1 heterocycles. The molecule has 0 aromatic heterocycles. The summed E-state index contributed by atoms with van der Waals surface area (Å²) in [6.07, 6.45) is 0.996. The minimum Gasteiger partial charge on any atom is -0.490 e. The van der Waals surface area contributed by atoms with Gasteiger partial charge in [-0.3, -0.25) is 4.79 Å². The van der Waals surface area contributed by atoms with E-state index in [2.05, 4.69) is 5.32 Å². The van der Waals surface area contributed by atoms with Crippen molar-refractivity contribution in [2.45, 2.75) is 44.6 Å². The lowest BCUT2D eigenvalue weighted by Gasteiger charge is -2.31. The van der Waals surface area contributed by atoms with Gasteiger partial charge < -0.3 is 14.8 Å². The van der Waals surface area contributed by atoms with E-state index in [1.54, 1.807) is 30.3 Å². The third-order valence-electron chi connectivity index (χ3n) is 5.63. The lowest BCUT2D eigenvalue weighted by Crippen LogP contribution is -2.43. The second kappa shape index (κ2) is 10.8. The molecule has 1 aliphatic heterocycles. The molecule has 2 aromatic carbocycles. The molecule has 0 radical (unpaired) electrons. The van der Waals surface area contributed by atoms with Gasteiger partial charge in [-0.2, -0.15) is 4.31 Å². The summed E-state index contributed by atoms with van der Waals surface area (Å²) in [4.78, 5) is 13.1. The number of hydrogen-bond donors (Lipinski definition) is 1. The van der Waals surface area contributed by atoms with Crippen LogP contribution in [0, 0.1) is 5.92 Å². The van der Waals surface area contributed by atoms with E-state index in [1.807, 2.05) is 39.0 Å². The summed E-state index contributed by atoms with van der Waals surface area (Å²) in [5.74, 6) is 1.07. The van der Waals surface area contributed by atoms with Gasteiger partial charge in [-0.15, -0.1) is 0 Å². The third-order valence-corrected chi connectivity index (χ3v) is 7.54. The molecule has 174 valence electrons. The van der Waals surface area contributed by atoms with Crippen LogP contribution in [0.2, 0.25) is 0 Å². The Bertz CT molecular complexity index is 1000. The van der Waals surface area contributed by atoms with E-state index in [0.29, 0.717) is 50.6 Å². The van der Waals surface area contributed by atoms with E-state index in [4.69, 9.17) is 9.47 Å². The molecule has 2 aromatic rings. The molecule has 1 N–H and O–H groups in total. The SMILES string of the molecule is CCOc1ccc([C@@H](C)NC(=O)C2CCN(S(=O)(=O)c3ccccc3)CC2)cc1OCC. The van der Waals surface area contributed by atoms with E-state index in [0.717, 1.165) is 5.56 Å². The number of amides is 1. The van der Waals surface area contributed by atoms with Crippen LogP contribution in [0.3, 0.4) is 0 Å². The van der Waals surface area contributed by atoms with Gasteiger partial charge in [-0.05, 0) is 63.4 Å². The average molecular weight is 461 g/mol. The van der Waals surface area contributed by atoms with Gasteiger partial charge in [0, 0.05) is 19.0 Å². The van der Waals surface area contributed by atoms with Crippen molar-refractivity contribution in [3.63, 3.8) is 0 Å². The van der Waals surface area contributed by atoms with E-state index < -0.39 is 10.0 Å². The number of rotatable bonds is 9. The van der Waals surface area contributed by atoms with E-state index in [-0.39, 0.29) is 22.8 Å². The molecule has 0 aliphatic carbocycles. The molecule has 1 aliphatic rings. The Labute approximate surface area is 190 Å². The predicted molar refractivity (Wildman–Crippen MR) is 123 cm³/mol. The molecule has 1 atom stereocenters. The monoisotopic (exact) mass is 460 g/mol. The van der Waals surface area contributed by atoms with Crippen LogP contribution in [0.5, 0.6) is 11.5 Å². The molecule has 7 nitrogen and oxygen atoms in total. The van der Waals surface area contributed by atoms with Gasteiger partial charge in [-0.1, -0.05) is 24.3 Å². The van der Waals surface area contributed by atoms with Gasteiger partial charge in [0.15, 0.2) is 11.5 Å². The molecule has 0 unspecified atom stereocenters. The Morgan fingerprint density at radius 3 is 2.28 bits per heavy atom. The molecule has 0 bridgehead atoms. The van der Waals surface area contributed by atoms with Crippen LogP contribution < -0.4 is 14.8 Å². The van der Waals surface area contributed by atoms with Gasteiger partial charge >= 0.3 is 0 Å². The fourth-order valence-corrected chi connectivity index (χ4v) is 5.34. The second-order valence-corrected chi connectivity index (χ2v) is 9.73. The fraction of sp³-hybridized carbons (Fsp3) is 0.458. The van der Waals surface area contributed by atoms with E-state index >= 15 is 0 Å². The first-order chi connectivity index (χ1) is 15.4. The largest absolute Gasteiger partial charge is 0.490 e.